The first kappa shape index (κ1) is 14.1. The molecule has 0 saturated heterocycles. The molecule has 0 spiro atoms. The second-order valence-electron chi connectivity index (χ2n) is 2.98. The summed E-state index contributed by atoms with van der Waals surface area (Å²) >= 11 is 0. The van der Waals surface area contributed by atoms with Gasteiger partial charge in [0.1, 0.15) is 0 Å². The van der Waals surface area contributed by atoms with Crippen LogP contribution in [0, 0.1) is 0 Å². The molecule has 0 saturated carbocycles. The average molecular weight is 287 g/mol. The van der Waals surface area contributed by atoms with E-state index in [2.05, 4.69) is 20.1 Å². The number of aromatic nitrogens is 1. The standard InChI is InChI=1S/C9H7NO.CClNO3S/c11-9-5-6-10-8-4-2-1-3-7(8)9;2-7(5,6)3-1-4/h1-6H,(H,10,11);. The van der Waals surface area contributed by atoms with E-state index < -0.39 is 9.24 Å². The average Bonchev–Trinajstić information content (AvgIpc) is 2.29. The van der Waals surface area contributed by atoms with Crippen LogP contribution in [0.2, 0.25) is 0 Å². The van der Waals surface area contributed by atoms with Gasteiger partial charge in [0.2, 0.25) is 0 Å². The Morgan fingerprint density at radius 3 is 2.39 bits per heavy atom. The molecule has 2 rings (SSSR count). The number of pyridine rings is 1. The number of nitrogens with zero attached hydrogens (tertiary/aromatic N) is 1. The molecule has 0 aliphatic carbocycles. The van der Waals surface area contributed by atoms with Crippen molar-refractivity contribution in [2.45, 2.75) is 0 Å². The molecule has 0 aliphatic heterocycles. The minimum Gasteiger partial charge on any atom is -0.361 e. The molecule has 0 bridgehead atoms. The Morgan fingerprint density at radius 2 is 1.89 bits per heavy atom. The van der Waals surface area contributed by atoms with Crippen LogP contribution >= 0.6 is 10.7 Å². The summed E-state index contributed by atoms with van der Waals surface area (Å²) in [6.45, 7) is 0. The van der Waals surface area contributed by atoms with Gasteiger partial charge < -0.3 is 4.98 Å². The van der Waals surface area contributed by atoms with E-state index in [-0.39, 0.29) is 5.43 Å². The van der Waals surface area contributed by atoms with Crippen molar-refractivity contribution in [1.82, 2.24) is 4.98 Å². The molecule has 0 radical (unpaired) electrons. The molecule has 0 aliphatic rings. The number of isocyanates is 1. The smallest absolute Gasteiger partial charge is 0.350 e. The predicted octanol–water partition coefficient (Wildman–Crippen LogP) is 1.33. The van der Waals surface area contributed by atoms with Crippen molar-refractivity contribution in [2.75, 3.05) is 0 Å². The Kier molecular flexibility index (Phi) is 4.79. The third kappa shape index (κ3) is 4.50. The van der Waals surface area contributed by atoms with Gasteiger partial charge >= 0.3 is 9.24 Å². The second kappa shape index (κ2) is 6.11. The highest BCUT2D eigenvalue weighted by Gasteiger charge is 1.95. The third-order valence-corrected chi connectivity index (χ3v) is 2.31. The molecule has 8 heteroatoms. The van der Waals surface area contributed by atoms with E-state index in [0.717, 1.165) is 17.0 Å². The van der Waals surface area contributed by atoms with Crippen LogP contribution in [0.5, 0.6) is 0 Å². The Labute approximate surface area is 106 Å². The molecule has 1 aromatic carbocycles. The van der Waals surface area contributed by atoms with Gasteiger partial charge in [-0.25, -0.2) is 4.79 Å². The highest BCUT2D eigenvalue weighted by Crippen LogP contribution is 2.03. The van der Waals surface area contributed by atoms with E-state index in [9.17, 15) is 13.2 Å². The number of benzene rings is 1. The normalized spacial score (nSPS) is 10.1. The first-order chi connectivity index (χ1) is 8.44. The van der Waals surface area contributed by atoms with Gasteiger partial charge in [0.15, 0.2) is 5.43 Å². The van der Waals surface area contributed by atoms with Crippen molar-refractivity contribution in [3.05, 3.63) is 46.8 Å². The van der Waals surface area contributed by atoms with Gasteiger partial charge in [-0.05, 0) is 12.1 Å². The van der Waals surface area contributed by atoms with Crippen molar-refractivity contribution >= 4 is 36.9 Å². The highest BCUT2D eigenvalue weighted by atomic mass is 35.7. The van der Waals surface area contributed by atoms with Gasteiger partial charge in [-0.15, -0.1) is 0 Å². The number of carbonyl (C=O) groups excluding carboxylic acids is 1. The number of fused-ring (bicyclic) bond motifs is 1. The first-order valence-corrected chi connectivity index (χ1v) is 6.81. The molecule has 1 aromatic heterocycles. The molecule has 18 heavy (non-hydrogen) atoms. The number of para-hydroxylation sites is 1. The maximum absolute atomic E-state index is 11.2. The van der Waals surface area contributed by atoms with Gasteiger partial charge in [-0.1, -0.05) is 16.5 Å². The van der Waals surface area contributed by atoms with Gasteiger partial charge in [-0.3, -0.25) is 4.79 Å². The van der Waals surface area contributed by atoms with Crippen molar-refractivity contribution < 1.29 is 13.2 Å². The second-order valence-corrected chi connectivity index (χ2v) is 5.16. The zero-order chi connectivity index (χ0) is 13.6. The summed E-state index contributed by atoms with van der Waals surface area (Å²) in [5.41, 5.74) is 0.958. The molecule has 2 aromatic rings. The fourth-order valence-electron chi connectivity index (χ4n) is 1.17. The van der Waals surface area contributed by atoms with Crippen molar-refractivity contribution in [1.29, 1.82) is 0 Å². The quantitative estimate of drug-likeness (QED) is 0.486. The summed E-state index contributed by atoms with van der Waals surface area (Å²) in [7, 11) is 0.376. The third-order valence-electron chi connectivity index (χ3n) is 1.81. The Hall–Kier alpha value is -1.95. The van der Waals surface area contributed by atoms with Crippen molar-refractivity contribution in [2.24, 2.45) is 4.40 Å². The van der Waals surface area contributed by atoms with Crippen LogP contribution in [0.3, 0.4) is 0 Å². The summed E-state index contributed by atoms with van der Waals surface area (Å²) in [5.74, 6) is 0. The predicted molar refractivity (Wildman–Crippen MR) is 67.5 cm³/mol. The van der Waals surface area contributed by atoms with Gasteiger partial charge in [-0.2, -0.15) is 8.42 Å². The number of rotatable bonds is 1. The maximum Gasteiger partial charge on any atom is 0.350 e. The van der Waals surface area contributed by atoms with Crippen LogP contribution in [-0.4, -0.2) is 19.5 Å². The van der Waals surface area contributed by atoms with Gasteiger partial charge in [0.25, 0.3) is 6.08 Å². The molecule has 1 N–H and O–H groups in total. The van der Waals surface area contributed by atoms with Gasteiger partial charge in [0, 0.05) is 33.8 Å². The van der Waals surface area contributed by atoms with E-state index in [4.69, 9.17) is 4.79 Å². The molecule has 0 unspecified atom stereocenters. The SMILES string of the molecule is O=C=NS(=O)(=O)Cl.O=c1cc[nH]c2ccccc12. The minimum atomic E-state index is -4.00. The lowest BCUT2D eigenvalue weighted by atomic mass is 10.2. The topological polar surface area (TPSA) is 96.4 Å². The van der Waals surface area contributed by atoms with Crippen LogP contribution in [0.1, 0.15) is 0 Å². The zero-order valence-corrected chi connectivity index (χ0v) is 10.4. The van der Waals surface area contributed by atoms with Crippen molar-refractivity contribution in [3.8, 4) is 0 Å². The minimum absolute atomic E-state index is 0.0688. The van der Waals surface area contributed by atoms with E-state index in [1.807, 2.05) is 24.3 Å². The fourth-order valence-corrected chi connectivity index (χ4v) is 1.34. The monoisotopic (exact) mass is 286 g/mol. The van der Waals surface area contributed by atoms with E-state index in [0.29, 0.717) is 0 Å². The van der Waals surface area contributed by atoms with E-state index >= 15 is 0 Å². The summed E-state index contributed by atoms with van der Waals surface area (Å²) in [6, 6.07) is 8.99. The lowest BCUT2D eigenvalue weighted by Gasteiger charge is -1.92. The Bertz CT molecular complexity index is 742. The zero-order valence-electron chi connectivity index (χ0n) is 8.83. The lowest BCUT2D eigenvalue weighted by molar-refractivity contribution is 0.564. The lowest BCUT2D eigenvalue weighted by Crippen LogP contribution is -1.98. The first-order valence-electron chi connectivity index (χ1n) is 4.54. The number of hydrogen-bond donors (Lipinski definition) is 1. The summed E-state index contributed by atoms with van der Waals surface area (Å²) in [6.07, 6.45) is 2.42. The summed E-state index contributed by atoms with van der Waals surface area (Å²) < 4.78 is 21.3. The van der Waals surface area contributed by atoms with Crippen LogP contribution in [0.4, 0.5) is 0 Å². The molecular weight excluding hydrogens is 280 g/mol. The molecule has 0 atom stereocenters. The molecule has 0 amide bonds. The molecule has 1 heterocycles. The number of aromatic amines is 1. The van der Waals surface area contributed by atoms with Crippen LogP contribution in [0.25, 0.3) is 10.9 Å². The summed E-state index contributed by atoms with van der Waals surface area (Å²) in [5, 5.41) is 0.745. The van der Waals surface area contributed by atoms with Crippen LogP contribution in [0.15, 0.2) is 45.7 Å². The number of nitrogens with one attached hydrogen (secondary N) is 1. The molecule has 6 nitrogen and oxygen atoms in total. The molecule has 94 valence electrons. The largest absolute Gasteiger partial charge is 0.361 e. The summed E-state index contributed by atoms with van der Waals surface area (Å²) in [4.78, 5) is 23.2. The van der Waals surface area contributed by atoms with E-state index in [1.165, 1.54) is 6.07 Å². The van der Waals surface area contributed by atoms with Crippen molar-refractivity contribution in [3.63, 3.8) is 0 Å². The van der Waals surface area contributed by atoms with Gasteiger partial charge in [0.05, 0.1) is 0 Å². The maximum atomic E-state index is 11.2. The Morgan fingerprint density at radius 1 is 1.22 bits per heavy atom. The number of halogens is 1. The molecule has 0 fully saturated rings. The number of H-pyrrole nitrogens is 1. The highest BCUT2D eigenvalue weighted by molar-refractivity contribution is 8.12. The van der Waals surface area contributed by atoms with Crippen LogP contribution in [-0.2, 0) is 14.0 Å². The number of hydrogen-bond acceptors (Lipinski definition) is 4. The van der Waals surface area contributed by atoms with Crippen LogP contribution < -0.4 is 5.43 Å². The fraction of sp³-hybridized carbons (Fsp3) is 0. The molecular formula is C10H7ClN2O4S. The van der Waals surface area contributed by atoms with E-state index in [1.54, 1.807) is 6.20 Å². The Balaban J connectivity index is 0.000000203.